The van der Waals surface area contributed by atoms with E-state index in [1.54, 1.807) is 0 Å². The number of carbonyl (C=O) groups excluding carboxylic acids is 1. The Balaban J connectivity index is 0. The normalized spacial score (nSPS) is 6.00. The molecule has 0 unspecified atom stereocenters. The van der Waals surface area contributed by atoms with Crippen LogP contribution in [0.25, 0.3) is 0 Å². The van der Waals surface area contributed by atoms with E-state index in [9.17, 15) is 4.79 Å². The van der Waals surface area contributed by atoms with Crippen molar-refractivity contribution >= 4 is 29.2 Å². The van der Waals surface area contributed by atoms with Crippen LogP contribution in [0, 0.1) is 0 Å². The largest absolute Gasteiger partial charge is 2.00 e. The van der Waals surface area contributed by atoms with E-state index in [1.807, 2.05) is 0 Å². The Bertz CT molecular complexity index is 48.1. The van der Waals surface area contributed by atoms with Crippen LogP contribution in [0.2, 0.25) is 0 Å². The van der Waals surface area contributed by atoms with Crippen molar-refractivity contribution in [1.82, 2.24) is 0 Å². The van der Waals surface area contributed by atoms with E-state index in [1.165, 1.54) is 14.2 Å². The van der Waals surface area contributed by atoms with Gasteiger partial charge in [-0.05, 0) is 0 Å². The maximum absolute atomic E-state index is 9.74. The van der Waals surface area contributed by atoms with Gasteiger partial charge in [-0.3, -0.25) is 0 Å². The third-order valence-corrected chi connectivity index (χ3v) is 0.333. The van der Waals surface area contributed by atoms with Crippen LogP contribution in [-0.2, 0) is 9.47 Å². The van der Waals surface area contributed by atoms with E-state index in [-0.39, 0.29) is 23.1 Å². The van der Waals surface area contributed by atoms with Crippen molar-refractivity contribution in [3.63, 3.8) is 0 Å². The third kappa shape index (κ3) is 6.04. The van der Waals surface area contributed by atoms with Crippen molar-refractivity contribution in [3.8, 4) is 0 Å². The van der Waals surface area contributed by atoms with Gasteiger partial charge in [0.05, 0.1) is 14.2 Å². The molecule has 3 nitrogen and oxygen atoms in total. The van der Waals surface area contributed by atoms with Gasteiger partial charge in [-0.15, -0.1) is 0 Å². The maximum atomic E-state index is 9.74. The zero-order valence-electron chi connectivity index (χ0n) is 4.43. The zero-order chi connectivity index (χ0) is 4.99. The first-order valence-electron chi connectivity index (χ1n) is 1.43. The Kier molecular flexibility index (Phi) is 8.72. The SMILES string of the molecule is COC(=O)OC.[Mg+2]. The molecule has 0 N–H and O–H groups in total. The summed E-state index contributed by atoms with van der Waals surface area (Å²) < 4.78 is 8.08. The Morgan fingerprint density at radius 1 is 1.29 bits per heavy atom. The fraction of sp³-hybridized carbons (Fsp3) is 0.667. The molecule has 0 aromatic carbocycles. The Hall–Kier alpha value is 0.0362. The molecular formula is C3H6MgO3+2. The predicted molar refractivity (Wildman–Crippen MR) is 25.2 cm³/mol. The van der Waals surface area contributed by atoms with Crippen LogP contribution < -0.4 is 0 Å². The van der Waals surface area contributed by atoms with Crippen molar-refractivity contribution < 1.29 is 14.3 Å². The smallest absolute Gasteiger partial charge is 0.438 e. The van der Waals surface area contributed by atoms with E-state index < -0.39 is 6.16 Å². The second-order valence-corrected chi connectivity index (χ2v) is 0.658. The molecular weight excluding hydrogens is 108 g/mol. The molecule has 0 fully saturated rings. The number of carbonyl (C=O) groups is 1. The zero-order valence-corrected chi connectivity index (χ0v) is 5.85. The molecule has 0 aliphatic rings. The minimum Gasteiger partial charge on any atom is -0.438 e. The molecule has 0 spiro atoms. The fourth-order valence-electron chi connectivity index (χ4n) is 0.0833. The number of ether oxygens (including phenoxy) is 2. The van der Waals surface area contributed by atoms with Crippen LogP contribution in [-0.4, -0.2) is 43.4 Å². The van der Waals surface area contributed by atoms with Gasteiger partial charge in [0.1, 0.15) is 0 Å². The molecule has 0 aromatic rings. The molecule has 0 aromatic heterocycles. The van der Waals surface area contributed by atoms with E-state index in [2.05, 4.69) is 9.47 Å². The van der Waals surface area contributed by atoms with Gasteiger partial charge in [0.15, 0.2) is 0 Å². The molecule has 0 aliphatic heterocycles. The summed E-state index contributed by atoms with van der Waals surface area (Å²) >= 11 is 0. The second-order valence-electron chi connectivity index (χ2n) is 0.658. The minimum atomic E-state index is -0.657. The average molecular weight is 114 g/mol. The number of hydrogen-bond acceptors (Lipinski definition) is 3. The van der Waals surface area contributed by atoms with Crippen LogP contribution in [0.4, 0.5) is 4.79 Å². The van der Waals surface area contributed by atoms with E-state index in [0.29, 0.717) is 0 Å². The summed E-state index contributed by atoms with van der Waals surface area (Å²) in [6.07, 6.45) is -0.657. The number of methoxy groups -OCH3 is 2. The first-order chi connectivity index (χ1) is 2.81. The Morgan fingerprint density at radius 2 is 1.57 bits per heavy atom. The first-order valence-corrected chi connectivity index (χ1v) is 1.43. The Labute approximate surface area is 58.1 Å². The van der Waals surface area contributed by atoms with Crippen molar-refractivity contribution in [2.75, 3.05) is 14.2 Å². The number of hydrogen-bond donors (Lipinski definition) is 0. The summed E-state index contributed by atoms with van der Waals surface area (Å²) in [4.78, 5) is 9.74. The summed E-state index contributed by atoms with van der Waals surface area (Å²) in [7, 11) is 2.51. The summed E-state index contributed by atoms with van der Waals surface area (Å²) in [5.74, 6) is 0. The predicted octanol–water partition coefficient (Wildman–Crippen LogP) is 0.0184. The number of rotatable bonds is 0. The van der Waals surface area contributed by atoms with Crippen LogP contribution in [0.5, 0.6) is 0 Å². The van der Waals surface area contributed by atoms with Crippen molar-refractivity contribution in [1.29, 1.82) is 0 Å². The first kappa shape index (κ1) is 10.1. The molecule has 0 saturated carbocycles. The van der Waals surface area contributed by atoms with E-state index in [0.717, 1.165) is 0 Å². The van der Waals surface area contributed by atoms with Gasteiger partial charge in [-0.25, -0.2) is 4.79 Å². The summed E-state index contributed by atoms with van der Waals surface area (Å²) in [6, 6.07) is 0. The van der Waals surface area contributed by atoms with E-state index >= 15 is 0 Å². The van der Waals surface area contributed by atoms with Crippen molar-refractivity contribution in [2.24, 2.45) is 0 Å². The van der Waals surface area contributed by atoms with E-state index in [4.69, 9.17) is 0 Å². The van der Waals surface area contributed by atoms with Crippen molar-refractivity contribution in [2.45, 2.75) is 0 Å². The molecule has 0 saturated heterocycles. The standard InChI is InChI=1S/C3H6O3.Mg/c1-5-3(4)6-2;/h1-2H3;/q;+2. The van der Waals surface area contributed by atoms with Gasteiger partial charge in [0.2, 0.25) is 0 Å². The van der Waals surface area contributed by atoms with Gasteiger partial charge >= 0.3 is 29.2 Å². The average Bonchev–Trinajstić information content (AvgIpc) is 1.65. The summed E-state index contributed by atoms with van der Waals surface area (Å²) in [5, 5.41) is 0. The van der Waals surface area contributed by atoms with Gasteiger partial charge < -0.3 is 9.47 Å². The third-order valence-electron chi connectivity index (χ3n) is 0.333. The molecule has 4 heteroatoms. The molecule has 0 bridgehead atoms. The fourth-order valence-corrected chi connectivity index (χ4v) is 0.0833. The topological polar surface area (TPSA) is 35.5 Å². The Morgan fingerprint density at radius 3 is 1.57 bits per heavy atom. The molecule has 0 radical (unpaired) electrons. The summed E-state index contributed by atoms with van der Waals surface area (Å²) in [6.45, 7) is 0. The molecule has 0 aliphatic carbocycles. The van der Waals surface area contributed by atoms with Gasteiger partial charge in [-0.2, -0.15) is 0 Å². The van der Waals surface area contributed by atoms with Crippen LogP contribution in [0.3, 0.4) is 0 Å². The molecule has 0 amide bonds. The second kappa shape index (κ2) is 6.04. The monoisotopic (exact) mass is 114 g/mol. The van der Waals surface area contributed by atoms with Gasteiger partial charge in [-0.1, -0.05) is 0 Å². The van der Waals surface area contributed by atoms with Crippen LogP contribution in [0.15, 0.2) is 0 Å². The van der Waals surface area contributed by atoms with Crippen molar-refractivity contribution in [3.05, 3.63) is 0 Å². The quantitative estimate of drug-likeness (QED) is 0.329. The van der Waals surface area contributed by atoms with Gasteiger partial charge in [0.25, 0.3) is 0 Å². The van der Waals surface area contributed by atoms with Crippen LogP contribution >= 0.6 is 0 Å². The molecule has 0 atom stereocenters. The molecule has 36 valence electrons. The van der Waals surface area contributed by atoms with Gasteiger partial charge in [0, 0.05) is 0 Å². The molecule has 0 heterocycles. The van der Waals surface area contributed by atoms with Crippen LogP contribution in [0.1, 0.15) is 0 Å². The molecule has 7 heavy (non-hydrogen) atoms. The summed E-state index contributed by atoms with van der Waals surface area (Å²) in [5.41, 5.74) is 0. The molecule has 0 rings (SSSR count). The minimum absolute atomic E-state index is 0. The maximum Gasteiger partial charge on any atom is 2.00 e.